The second-order valence-corrected chi connectivity index (χ2v) is 6.51. The third kappa shape index (κ3) is 3.95. The number of carbonyl (C=O) groups is 1. The molecule has 1 aromatic heterocycles. The zero-order valence-electron chi connectivity index (χ0n) is 13.7. The van der Waals surface area contributed by atoms with E-state index in [0.29, 0.717) is 11.5 Å². The van der Waals surface area contributed by atoms with Gasteiger partial charge in [0.1, 0.15) is 0 Å². The van der Waals surface area contributed by atoms with Crippen LogP contribution in [0.1, 0.15) is 60.0 Å². The topological polar surface area (TPSA) is 52.1 Å². The van der Waals surface area contributed by atoms with Gasteiger partial charge in [-0.2, -0.15) is 0 Å². The van der Waals surface area contributed by atoms with E-state index in [1.807, 2.05) is 31.2 Å². The van der Waals surface area contributed by atoms with Crippen LogP contribution in [-0.2, 0) is 0 Å². The quantitative estimate of drug-likeness (QED) is 0.793. The van der Waals surface area contributed by atoms with E-state index in [0.717, 1.165) is 11.5 Å². The van der Waals surface area contributed by atoms with Crippen LogP contribution in [0.5, 0.6) is 6.01 Å². The highest BCUT2D eigenvalue weighted by Gasteiger charge is 2.20. The molecule has 0 spiro atoms. The molecule has 0 N–H and O–H groups in total. The number of aromatic nitrogens is 2. The summed E-state index contributed by atoms with van der Waals surface area (Å²) in [4.78, 5) is 20.1. The molecule has 0 aliphatic heterocycles. The second-order valence-electron chi connectivity index (χ2n) is 6.51. The molecule has 120 valence electrons. The molecule has 23 heavy (non-hydrogen) atoms. The first kappa shape index (κ1) is 15.7. The Balaban J connectivity index is 1.64. The van der Waals surface area contributed by atoms with Gasteiger partial charge in [0.15, 0.2) is 0 Å². The third-order valence-corrected chi connectivity index (χ3v) is 4.57. The molecule has 0 amide bonds. The minimum Gasteiger partial charge on any atom is -0.387 e. The van der Waals surface area contributed by atoms with Gasteiger partial charge in [0.05, 0.1) is 5.56 Å². The van der Waals surface area contributed by atoms with Crippen molar-refractivity contribution in [1.29, 1.82) is 0 Å². The van der Waals surface area contributed by atoms with Gasteiger partial charge in [0.25, 0.3) is 0 Å². The van der Waals surface area contributed by atoms with E-state index in [9.17, 15) is 4.79 Å². The largest absolute Gasteiger partial charge is 0.387 e. The van der Waals surface area contributed by atoms with Crippen molar-refractivity contribution in [3.8, 4) is 6.01 Å². The first-order chi connectivity index (χ1) is 11.1. The summed E-state index contributed by atoms with van der Waals surface area (Å²) in [6, 6.07) is 7.86. The summed E-state index contributed by atoms with van der Waals surface area (Å²) in [5.74, 6) is 1.05. The Morgan fingerprint density at radius 3 is 2.26 bits per heavy atom. The van der Waals surface area contributed by atoms with E-state index in [-0.39, 0.29) is 6.01 Å². The molecular formula is C19H22N2O2. The third-order valence-electron chi connectivity index (χ3n) is 4.57. The maximum absolute atomic E-state index is 12.1. The molecule has 0 bridgehead atoms. The highest BCUT2D eigenvalue weighted by Crippen LogP contribution is 2.35. The van der Waals surface area contributed by atoms with E-state index in [1.165, 1.54) is 31.2 Å². The monoisotopic (exact) mass is 310 g/mol. The van der Waals surface area contributed by atoms with Crippen LogP contribution in [0.15, 0.2) is 36.7 Å². The highest BCUT2D eigenvalue weighted by atomic mass is 16.5. The lowest BCUT2D eigenvalue weighted by atomic mass is 9.79. The Kier molecular flexibility index (Phi) is 4.70. The lowest BCUT2D eigenvalue weighted by Crippen LogP contribution is -2.12. The molecule has 4 heteroatoms. The average Bonchev–Trinajstić information content (AvgIpc) is 2.58. The van der Waals surface area contributed by atoms with Gasteiger partial charge in [-0.25, -0.2) is 14.8 Å². The Hall–Kier alpha value is -2.23. The summed E-state index contributed by atoms with van der Waals surface area (Å²) in [6.45, 7) is 4.21. The van der Waals surface area contributed by atoms with Gasteiger partial charge in [-0.15, -0.1) is 0 Å². The molecule has 1 fully saturated rings. The molecule has 0 atom stereocenters. The molecule has 0 unspecified atom stereocenters. The zero-order chi connectivity index (χ0) is 16.2. The van der Waals surface area contributed by atoms with Gasteiger partial charge in [-0.1, -0.05) is 31.9 Å². The van der Waals surface area contributed by atoms with Crippen LogP contribution < -0.4 is 4.74 Å². The van der Waals surface area contributed by atoms with Crippen molar-refractivity contribution in [3.05, 3.63) is 53.3 Å². The molecule has 1 aliphatic carbocycles. The van der Waals surface area contributed by atoms with Crippen LogP contribution in [0.25, 0.3) is 0 Å². The van der Waals surface area contributed by atoms with Crippen molar-refractivity contribution in [2.75, 3.05) is 0 Å². The minimum absolute atomic E-state index is 0.0888. The predicted octanol–water partition coefficient (Wildman–Crippen LogP) is 4.30. The van der Waals surface area contributed by atoms with E-state index in [2.05, 4.69) is 16.9 Å². The number of benzene rings is 1. The molecular weight excluding hydrogens is 288 g/mol. The fourth-order valence-corrected chi connectivity index (χ4v) is 3.06. The van der Waals surface area contributed by atoms with Gasteiger partial charge < -0.3 is 4.74 Å². The van der Waals surface area contributed by atoms with E-state index in [4.69, 9.17) is 4.74 Å². The molecule has 3 rings (SSSR count). The molecule has 1 heterocycles. The van der Waals surface area contributed by atoms with E-state index < -0.39 is 5.97 Å². The van der Waals surface area contributed by atoms with Crippen LogP contribution in [0.2, 0.25) is 0 Å². The first-order valence-corrected chi connectivity index (χ1v) is 8.22. The van der Waals surface area contributed by atoms with E-state index >= 15 is 0 Å². The summed E-state index contributed by atoms with van der Waals surface area (Å²) in [7, 11) is 0. The lowest BCUT2D eigenvalue weighted by molar-refractivity contribution is 0.0719. The van der Waals surface area contributed by atoms with Crippen LogP contribution in [0.4, 0.5) is 0 Å². The molecule has 1 aromatic carbocycles. The fraction of sp³-hybridized carbons (Fsp3) is 0.421. The van der Waals surface area contributed by atoms with Gasteiger partial charge in [0, 0.05) is 12.4 Å². The van der Waals surface area contributed by atoms with Crippen LogP contribution >= 0.6 is 0 Å². The Bertz CT molecular complexity index is 657. The average molecular weight is 310 g/mol. The van der Waals surface area contributed by atoms with Gasteiger partial charge >= 0.3 is 12.0 Å². The maximum atomic E-state index is 12.1. The van der Waals surface area contributed by atoms with Gasteiger partial charge in [-0.3, -0.25) is 0 Å². The van der Waals surface area contributed by atoms with Gasteiger partial charge in [0.2, 0.25) is 0 Å². The van der Waals surface area contributed by atoms with Crippen LogP contribution in [0.3, 0.4) is 0 Å². The van der Waals surface area contributed by atoms with Crippen molar-refractivity contribution in [2.45, 2.75) is 45.4 Å². The molecule has 1 saturated carbocycles. The molecule has 1 aliphatic rings. The predicted molar refractivity (Wildman–Crippen MR) is 88.5 cm³/mol. The van der Waals surface area contributed by atoms with Crippen molar-refractivity contribution < 1.29 is 9.53 Å². The summed E-state index contributed by atoms with van der Waals surface area (Å²) in [6.07, 6.45) is 8.31. The number of carbonyl (C=O) groups excluding carboxylic acids is 1. The Morgan fingerprint density at radius 1 is 1.04 bits per heavy atom. The second kappa shape index (κ2) is 6.90. The van der Waals surface area contributed by atoms with Gasteiger partial charge in [-0.05, 0) is 54.9 Å². The molecule has 4 nitrogen and oxygen atoms in total. The number of ether oxygens (including phenoxy) is 1. The van der Waals surface area contributed by atoms with Crippen LogP contribution in [0, 0.1) is 12.8 Å². The van der Waals surface area contributed by atoms with E-state index in [1.54, 1.807) is 12.4 Å². The summed E-state index contributed by atoms with van der Waals surface area (Å²) >= 11 is 0. The van der Waals surface area contributed by atoms with Crippen molar-refractivity contribution >= 4 is 5.97 Å². The normalized spacial score (nSPS) is 21.0. The standard InChI is InChI=1S/C19H22N2O2/c1-13-3-5-15(6-4-13)16-7-9-17(10-8-16)18(22)23-19-20-11-14(2)12-21-19/h7-13,15H,3-6H2,1-2H3. The molecule has 0 saturated heterocycles. The molecule has 0 radical (unpaired) electrons. The highest BCUT2D eigenvalue weighted by molar-refractivity contribution is 5.90. The fourth-order valence-electron chi connectivity index (χ4n) is 3.06. The number of hydrogen-bond acceptors (Lipinski definition) is 4. The SMILES string of the molecule is Cc1cnc(OC(=O)c2ccc(C3CCC(C)CC3)cc2)nc1. The summed E-state index contributed by atoms with van der Waals surface area (Å²) in [5.41, 5.74) is 2.78. The number of nitrogens with zero attached hydrogens (tertiary/aromatic N) is 2. The molecule has 2 aromatic rings. The number of rotatable bonds is 3. The first-order valence-electron chi connectivity index (χ1n) is 8.22. The lowest BCUT2D eigenvalue weighted by Gasteiger charge is -2.26. The number of esters is 1. The van der Waals surface area contributed by atoms with Crippen molar-refractivity contribution in [1.82, 2.24) is 9.97 Å². The number of aryl methyl sites for hydroxylation is 1. The van der Waals surface area contributed by atoms with Crippen LogP contribution in [-0.4, -0.2) is 15.9 Å². The minimum atomic E-state index is -0.419. The Morgan fingerprint density at radius 2 is 1.65 bits per heavy atom. The summed E-state index contributed by atoms with van der Waals surface area (Å²) < 4.78 is 5.19. The maximum Gasteiger partial charge on any atom is 0.345 e. The Labute approximate surface area is 136 Å². The van der Waals surface area contributed by atoms with Crippen molar-refractivity contribution in [2.24, 2.45) is 5.92 Å². The van der Waals surface area contributed by atoms with Crippen molar-refractivity contribution in [3.63, 3.8) is 0 Å². The zero-order valence-corrected chi connectivity index (χ0v) is 13.7. The smallest absolute Gasteiger partial charge is 0.345 e. The summed E-state index contributed by atoms with van der Waals surface area (Å²) in [5, 5.41) is 0. The number of hydrogen-bond donors (Lipinski definition) is 0.